The van der Waals surface area contributed by atoms with Crippen LogP contribution in [0.25, 0.3) is 0 Å². The van der Waals surface area contributed by atoms with Crippen molar-refractivity contribution in [2.45, 2.75) is 78.1 Å². The normalized spacial score (nSPS) is 22.2. The Kier molecular flexibility index (Phi) is 14.3. The number of likely N-dealkylation sites (tertiary alicyclic amines) is 2. The Morgan fingerprint density at radius 1 is 0.500 bits per heavy atom. The Balaban J connectivity index is 0.00000264. The zero-order chi connectivity index (χ0) is 15.7. The highest BCUT2D eigenvalue weighted by molar-refractivity contribution is 4.56. The molecule has 0 aliphatic carbocycles. The molecule has 0 spiro atoms. The van der Waals surface area contributed by atoms with Crippen LogP contribution in [0.5, 0.6) is 0 Å². The van der Waals surface area contributed by atoms with Crippen molar-refractivity contribution in [3.63, 3.8) is 0 Å². The van der Waals surface area contributed by atoms with Crippen LogP contribution in [0.1, 0.15) is 78.1 Å². The molecule has 4 heteroatoms. The molecule has 0 unspecified atom stereocenters. The summed E-state index contributed by atoms with van der Waals surface area (Å²) in [6.07, 6.45) is 14.8. The van der Waals surface area contributed by atoms with Gasteiger partial charge in [-0.3, -0.25) is 0 Å². The fourth-order valence-electron chi connectivity index (χ4n) is 5.01. The lowest BCUT2D eigenvalue weighted by molar-refractivity contribution is -0.931. The molecule has 2 rings (SSSR count). The average molecular weight is 564 g/mol. The largest absolute Gasteiger partial charge is 1.00 e. The van der Waals surface area contributed by atoms with E-state index in [1.165, 1.54) is 126 Å². The number of hydrogen-bond donors (Lipinski definition) is 0. The standard InChI is InChI=1S/C20H42N2.2HI/c1-3-21(17-11-7-12-18-21)15-9-5-6-10-16-22(4-2)19-13-8-14-20-22;;/h3-20H2,1-2H3;2*1H/q+2;;/p-2. The summed E-state index contributed by atoms with van der Waals surface area (Å²) >= 11 is 0. The van der Waals surface area contributed by atoms with Crippen LogP contribution in [0.3, 0.4) is 0 Å². The quantitative estimate of drug-likeness (QED) is 0.184. The predicted molar refractivity (Wildman–Crippen MR) is 97.0 cm³/mol. The molecule has 2 heterocycles. The van der Waals surface area contributed by atoms with E-state index in [0.717, 1.165) is 0 Å². The summed E-state index contributed by atoms with van der Waals surface area (Å²) in [6, 6.07) is 0. The first-order valence-corrected chi connectivity index (χ1v) is 10.4. The number of hydrogen-bond acceptors (Lipinski definition) is 0. The molecule has 0 N–H and O–H groups in total. The van der Waals surface area contributed by atoms with Gasteiger partial charge in [0.1, 0.15) is 0 Å². The van der Waals surface area contributed by atoms with Gasteiger partial charge in [0.05, 0.1) is 52.4 Å². The fourth-order valence-corrected chi connectivity index (χ4v) is 5.01. The van der Waals surface area contributed by atoms with Gasteiger partial charge < -0.3 is 56.9 Å². The van der Waals surface area contributed by atoms with Crippen LogP contribution < -0.4 is 48.0 Å². The Bertz CT molecular complexity index is 268. The Morgan fingerprint density at radius 2 is 0.833 bits per heavy atom. The second kappa shape index (κ2) is 13.5. The molecule has 24 heavy (non-hydrogen) atoms. The minimum atomic E-state index is 0. The molecule has 0 saturated carbocycles. The molecule has 0 atom stereocenters. The lowest BCUT2D eigenvalue weighted by Gasteiger charge is -2.41. The zero-order valence-corrected chi connectivity index (χ0v) is 20.7. The van der Waals surface area contributed by atoms with E-state index in [-0.39, 0.29) is 48.0 Å². The monoisotopic (exact) mass is 564 g/mol. The van der Waals surface area contributed by atoms with E-state index in [9.17, 15) is 0 Å². The van der Waals surface area contributed by atoms with E-state index in [1.807, 2.05) is 0 Å². The number of halogens is 2. The third-order valence-electron chi connectivity index (χ3n) is 6.89. The van der Waals surface area contributed by atoms with Gasteiger partial charge in [0.25, 0.3) is 0 Å². The maximum atomic E-state index is 2.41. The van der Waals surface area contributed by atoms with Crippen molar-refractivity contribution in [3.05, 3.63) is 0 Å². The minimum absolute atomic E-state index is 0. The van der Waals surface area contributed by atoms with Crippen LogP contribution in [0.2, 0.25) is 0 Å². The Hall–Kier alpha value is 1.38. The molecule has 0 amide bonds. The molecule has 0 bridgehead atoms. The molecule has 146 valence electrons. The molecule has 0 aromatic carbocycles. The van der Waals surface area contributed by atoms with Crippen LogP contribution >= 0.6 is 0 Å². The number of quaternary nitrogens is 2. The van der Waals surface area contributed by atoms with Crippen molar-refractivity contribution < 1.29 is 56.9 Å². The number of piperidine rings is 2. The highest BCUT2D eigenvalue weighted by Gasteiger charge is 2.28. The summed E-state index contributed by atoms with van der Waals surface area (Å²) < 4.78 is 2.88. The summed E-state index contributed by atoms with van der Waals surface area (Å²) in [7, 11) is 0. The van der Waals surface area contributed by atoms with E-state index < -0.39 is 0 Å². The van der Waals surface area contributed by atoms with Gasteiger partial charge in [-0.2, -0.15) is 0 Å². The summed E-state index contributed by atoms with van der Waals surface area (Å²) in [4.78, 5) is 0. The summed E-state index contributed by atoms with van der Waals surface area (Å²) in [5, 5.41) is 0. The molecule has 0 aromatic heterocycles. The van der Waals surface area contributed by atoms with Crippen LogP contribution in [0.4, 0.5) is 0 Å². The average Bonchev–Trinajstić information content (AvgIpc) is 2.59. The summed E-state index contributed by atoms with van der Waals surface area (Å²) in [5.74, 6) is 0. The highest BCUT2D eigenvalue weighted by Crippen LogP contribution is 2.22. The van der Waals surface area contributed by atoms with Crippen LogP contribution in [0, 0.1) is 0 Å². The van der Waals surface area contributed by atoms with E-state index in [1.54, 1.807) is 0 Å². The van der Waals surface area contributed by atoms with Gasteiger partial charge in [-0.1, -0.05) is 0 Å². The smallest absolute Gasteiger partial charge is 0.0786 e. The van der Waals surface area contributed by atoms with Gasteiger partial charge in [-0.25, -0.2) is 0 Å². The van der Waals surface area contributed by atoms with Crippen LogP contribution in [-0.4, -0.2) is 61.3 Å². The maximum absolute atomic E-state index is 2.41. The van der Waals surface area contributed by atoms with Gasteiger partial charge in [-0.15, -0.1) is 0 Å². The van der Waals surface area contributed by atoms with Crippen molar-refractivity contribution in [1.82, 2.24) is 0 Å². The number of nitrogens with zero attached hydrogens (tertiary/aromatic N) is 2. The van der Waals surface area contributed by atoms with Crippen molar-refractivity contribution in [1.29, 1.82) is 0 Å². The Labute approximate surface area is 186 Å². The van der Waals surface area contributed by atoms with Gasteiger partial charge in [0.15, 0.2) is 0 Å². The molecular weight excluding hydrogens is 522 g/mol. The molecular formula is C20H42I2N2. The van der Waals surface area contributed by atoms with E-state index >= 15 is 0 Å². The van der Waals surface area contributed by atoms with Gasteiger partial charge in [-0.05, 0) is 78.1 Å². The number of rotatable bonds is 9. The first kappa shape index (κ1) is 25.4. The first-order chi connectivity index (χ1) is 10.7. The van der Waals surface area contributed by atoms with Gasteiger partial charge in [0, 0.05) is 0 Å². The van der Waals surface area contributed by atoms with E-state index in [4.69, 9.17) is 0 Å². The van der Waals surface area contributed by atoms with E-state index in [2.05, 4.69) is 13.8 Å². The molecule has 0 radical (unpaired) electrons. The third kappa shape index (κ3) is 7.95. The molecule has 2 nitrogen and oxygen atoms in total. The molecule has 2 fully saturated rings. The molecule has 2 aliphatic rings. The third-order valence-corrected chi connectivity index (χ3v) is 6.89. The second-order valence-electron chi connectivity index (χ2n) is 8.19. The topological polar surface area (TPSA) is 0 Å². The zero-order valence-electron chi connectivity index (χ0n) is 16.4. The summed E-state index contributed by atoms with van der Waals surface area (Å²) in [5.41, 5.74) is 0. The Morgan fingerprint density at radius 3 is 1.12 bits per heavy atom. The predicted octanol–water partition coefficient (Wildman–Crippen LogP) is -1.40. The van der Waals surface area contributed by atoms with Crippen molar-refractivity contribution in [2.75, 3.05) is 52.4 Å². The molecule has 2 aliphatic heterocycles. The lowest BCUT2D eigenvalue weighted by Crippen LogP contribution is -3.00. The fraction of sp³-hybridized carbons (Fsp3) is 1.00. The van der Waals surface area contributed by atoms with Gasteiger partial charge in [0.2, 0.25) is 0 Å². The van der Waals surface area contributed by atoms with Crippen molar-refractivity contribution >= 4 is 0 Å². The lowest BCUT2D eigenvalue weighted by atomic mass is 10.0. The van der Waals surface area contributed by atoms with Crippen LogP contribution in [0.15, 0.2) is 0 Å². The molecule has 2 saturated heterocycles. The number of unbranched alkanes of at least 4 members (excludes halogenated alkanes) is 3. The second-order valence-corrected chi connectivity index (χ2v) is 8.19. The van der Waals surface area contributed by atoms with Crippen molar-refractivity contribution in [2.24, 2.45) is 0 Å². The SMILES string of the molecule is CC[N+]1(CCCCCC[N+]2(CC)CCCCC2)CCCCC1.[I-].[I-]. The van der Waals surface area contributed by atoms with Crippen LogP contribution in [-0.2, 0) is 0 Å². The maximum Gasteiger partial charge on any atom is 0.0786 e. The minimum Gasteiger partial charge on any atom is -1.00 e. The first-order valence-electron chi connectivity index (χ1n) is 10.4. The van der Waals surface area contributed by atoms with Gasteiger partial charge >= 0.3 is 0 Å². The van der Waals surface area contributed by atoms with E-state index in [0.29, 0.717) is 0 Å². The summed E-state index contributed by atoms with van der Waals surface area (Å²) in [6.45, 7) is 16.4. The highest BCUT2D eigenvalue weighted by atomic mass is 127. The van der Waals surface area contributed by atoms with Crippen molar-refractivity contribution in [3.8, 4) is 0 Å². The molecule has 0 aromatic rings.